The lowest BCUT2D eigenvalue weighted by Crippen LogP contribution is -2.10. The van der Waals surface area contributed by atoms with Crippen LogP contribution in [-0.2, 0) is 0 Å². The molecule has 0 fully saturated rings. The average Bonchev–Trinajstić information content (AvgIpc) is 3.63. The smallest absolute Gasteiger partial charge is 0.0646 e. The lowest BCUT2D eigenvalue weighted by atomic mass is 9.95. The van der Waals surface area contributed by atoms with Crippen molar-refractivity contribution in [2.24, 2.45) is 0 Å². The summed E-state index contributed by atoms with van der Waals surface area (Å²) in [6.07, 6.45) is 0. The van der Waals surface area contributed by atoms with Gasteiger partial charge >= 0.3 is 0 Å². The van der Waals surface area contributed by atoms with E-state index in [4.69, 9.17) is 0 Å². The molecule has 10 rings (SSSR count). The second-order valence-corrected chi connectivity index (χ2v) is 14.3. The fraction of sp³-hybridized carbons (Fsp3) is 0. The summed E-state index contributed by atoms with van der Waals surface area (Å²) in [5.41, 5.74) is 10.6. The molecule has 244 valence electrons. The average molecular weight is 680 g/mol. The van der Waals surface area contributed by atoms with Gasteiger partial charge in [-0.25, -0.2) is 0 Å². The van der Waals surface area contributed by atoms with Gasteiger partial charge in [-0.05, 0) is 85.9 Å². The van der Waals surface area contributed by atoms with Gasteiger partial charge in [-0.2, -0.15) is 0 Å². The van der Waals surface area contributed by atoms with Gasteiger partial charge < -0.3 is 4.90 Å². The van der Waals surface area contributed by atoms with Crippen LogP contribution >= 0.6 is 11.3 Å². The first kappa shape index (κ1) is 30.4. The molecular formula is C50H33NS. The van der Waals surface area contributed by atoms with Gasteiger partial charge in [0.05, 0.1) is 10.4 Å². The predicted octanol–water partition coefficient (Wildman–Crippen LogP) is 14.8. The van der Waals surface area contributed by atoms with Crippen molar-refractivity contribution < 1.29 is 0 Å². The molecule has 52 heavy (non-hydrogen) atoms. The molecular weight excluding hydrogens is 647 g/mol. The predicted molar refractivity (Wildman–Crippen MR) is 225 cm³/mol. The van der Waals surface area contributed by atoms with Crippen LogP contribution in [0.25, 0.3) is 75.1 Å². The molecule has 0 N–H and O–H groups in total. The Labute approximate surface area is 307 Å². The second-order valence-electron chi connectivity index (χ2n) is 13.3. The minimum atomic E-state index is 1.12. The Kier molecular flexibility index (Phi) is 7.41. The Morgan fingerprint density at radius 1 is 0.288 bits per heavy atom. The molecule has 1 nitrogen and oxygen atoms in total. The maximum Gasteiger partial charge on any atom is 0.0646 e. The van der Waals surface area contributed by atoms with Gasteiger partial charge in [-0.3, -0.25) is 0 Å². The van der Waals surface area contributed by atoms with Crippen LogP contribution in [0.3, 0.4) is 0 Å². The van der Waals surface area contributed by atoms with Gasteiger partial charge in [0.2, 0.25) is 0 Å². The van der Waals surface area contributed by atoms with Crippen LogP contribution in [0.1, 0.15) is 0 Å². The van der Waals surface area contributed by atoms with Crippen LogP contribution in [0.15, 0.2) is 200 Å². The fourth-order valence-corrected chi connectivity index (χ4v) is 9.09. The van der Waals surface area contributed by atoms with E-state index in [0.717, 1.165) is 11.4 Å². The number of hydrogen-bond donors (Lipinski definition) is 0. The number of rotatable bonds is 6. The number of hydrogen-bond acceptors (Lipinski definition) is 2. The highest BCUT2D eigenvalue weighted by molar-refractivity contribution is 7.27. The van der Waals surface area contributed by atoms with Gasteiger partial charge in [-0.15, -0.1) is 11.3 Å². The van der Waals surface area contributed by atoms with Gasteiger partial charge in [0.1, 0.15) is 0 Å². The molecule has 9 aromatic carbocycles. The van der Waals surface area contributed by atoms with E-state index in [1.807, 2.05) is 11.3 Å². The van der Waals surface area contributed by atoms with Crippen molar-refractivity contribution in [1.82, 2.24) is 0 Å². The highest BCUT2D eigenvalue weighted by Crippen LogP contribution is 2.50. The normalized spacial score (nSPS) is 11.5. The second kappa shape index (κ2) is 12.7. The lowest BCUT2D eigenvalue weighted by Gasteiger charge is -2.27. The van der Waals surface area contributed by atoms with Gasteiger partial charge in [0, 0.05) is 32.2 Å². The number of thiophene rings is 1. The summed E-state index contributed by atoms with van der Waals surface area (Å²) in [4.78, 5) is 2.46. The number of anilines is 3. The maximum atomic E-state index is 2.46. The van der Waals surface area contributed by atoms with E-state index in [1.54, 1.807) is 0 Å². The summed E-state index contributed by atoms with van der Waals surface area (Å²) in [6, 6.07) is 72.8. The maximum absolute atomic E-state index is 2.46. The number of fused-ring (bicyclic) bond motifs is 8. The molecule has 1 aromatic heterocycles. The third-order valence-electron chi connectivity index (χ3n) is 10.2. The molecule has 1 heterocycles. The van der Waals surface area contributed by atoms with E-state index in [0.29, 0.717) is 0 Å². The summed E-state index contributed by atoms with van der Waals surface area (Å²) >= 11 is 1.91. The Balaban J connectivity index is 1.28. The molecule has 0 spiro atoms. The topological polar surface area (TPSA) is 3.24 Å². The van der Waals surface area contributed by atoms with Crippen molar-refractivity contribution in [2.75, 3.05) is 4.90 Å². The van der Waals surface area contributed by atoms with Crippen LogP contribution < -0.4 is 4.90 Å². The number of benzene rings is 9. The number of nitrogens with zero attached hydrogens (tertiary/aromatic N) is 1. The zero-order chi connectivity index (χ0) is 34.4. The SMILES string of the molecule is c1ccc(-c2ccc(N(c3ccc(-c4ccccc4)cc3)c3cc(-c4ccccc4)cc4c3sc3c5ccccc5c5ccccc5c43)cc2)cc1. The molecule has 0 aliphatic carbocycles. The molecule has 0 saturated carbocycles. The molecule has 0 saturated heterocycles. The van der Waals surface area contributed by atoms with Crippen LogP contribution in [0.5, 0.6) is 0 Å². The van der Waals surface area contributed by atoms with Gasteiger partial charge in [0.25, 0.3) is 0 Å². The van der Waals surface area contributed by atoms with Crippen LogP contribution in [0, 0.1) is 0 Å². The third-order valence-corrected chi connectivity index (χ3v) is 11.5. The zero-order valence-electron chi connectivity index (χ0n) is 28.4. The Morgan fingerprint density at radius 2 is 0.692 bits per heavy atom. The lowest BCUT2D eigenvalue weighted by molar-refractivity contribution is 1.30. The molecule has 0 aliphatic rings. The Hall–Kier alpha value is -6.48. The van der Waals surface area contributed by atoms with E-state index < -0.39 is 0 Å². The van der Waals surface area contributed by atoms with Crippen LogP contribution in [-0.4, -0.2) is 0 Å². The van der Waals surface area contributed by atoms with Gasteiger partial charge in [-0.1, -0.05) is 164 Å². The highest BCUT2D eigenvalue weighted by Gasteiger charge is 2.22. The molecule has 0 atom stereocenters. The van der Waals surface area contributed by atoms with Crippen LogP contribution in [0.4, 0.5) is 17.1 Å². The largest absolute Gasteiger partial charge is 0.309 e. The molecule has 0 unspecified atom stereocenters. The van der Waals surface area contributed by atoms with Crippen molar-refractivity contribution >= 4 is 70.1 Å². The Bertz CT molecular complexity index is 2770. The Morgan fingerprint density at radius 3 is 1.21 bits per heavy atom. The third kappa shape index (κ3) is 5.16. The van der Waals surface area contributed by atoms with E-state index >= 15 is 0 Å². The van der Waals surface area contributed by atoms with E-state index in [9.17, 15) is 0 Å². The summed E-state index contributed by atoms with van der Waals surface area (Å²) in [5.74, 6) is 0. The van der Waals surface area contributed by atoms with E-state index in [-0.39, 0.29) is 0 Å². The summed E-state index contributed by atoms with van der Waals surface area (Å²) < 4.78 is 2.60. The monoisotopic (exact) mass is 679 g/mol. The first-order chi connectivity index (χ1) is 25.8. The van der Waals surface area contributed by atoms with Crippen molar-refractivity contribution in [3.8, 4) is 33.4 Å². The quantitative estimate of drug-likeness (QED) is 0.158. The molecule has 0 radical (unpaired) electrons. The summed E-state index contributed by atoms with van der Waals surface area (Å²) in [5, 5.41) is 7.80. The fourth-order valence-electron chi connectivity index (χ4n) is 7.75. The van der Waals surface area contributed by atoms with Crippen molar-refractivity contribution in [3.05, 3.63) is 200 Å². The standard InChI is InChI=1S/C50H33NS/c1-4-14-34(15-5-1)37-24-28-40(29-25-37)51(41-30-26-38(27-31-41)35-16-6-2-7-17-35)47-33-39(36-18-8-3-9-19-36)32-46-48-44-22-12-10-20-42(44)43-21-11-13-23-45(43)50(48)52-49(46)47/h1-33H. The molecule has 0 bridgehead atoms. The minimum Gasteiger partial charge on any atom is -0.309 e. The molecule has 10 aromatic rings. The van der Waals surface area contributed by atoms with Crippen molar-refractivity contribution in [1.29, 1.82) is 0 Å². The van der Waals surface area contributed by atoms with Gasteiger partial charge in [0.15, 0.2) is 0 Å². The zero-order valence-corrected chi connectivity index (χ0v) is 29.2. The summed E-state index contributed by atoms with van der Waals surface area (Å²) in [6.45, 7) is 0. The first-order valence-electron chi connectivity index (χ1n) is 17.8. The van der Waals surface area contributed by atoms with E-state index in [2.05, 4.69) is 205 Å². The van der Waals surface area contributed by atoms with Crippen LogP contribution in [0.2, 0.25) is 0 Å². The van der Waals surface area contributed by atoms with E-state index in [1.165, 1.54) is 80.8 Å². The molecule has 0 aliphatic heterocycles. The van der Waals surface area contributed by atoms with Crippen molar-refractivity contribution in [3.63, 3.8) is 0 Å². The molecule has 2 heteroatoms. The highest BCUT2D eigenvalue weighted by atomic mass is 32.1. The van der Waals surface area contributed by atoms with Crippen molar-refractivity contribution in [2.45, 2.75) is 0 Å². The minimum absolute atomic E-state index is 1.12. The summed E-state index contributed by atoms with van der Waals surface area (Å²) in [7, 11) is 0. The molecule has 0 amide bonds. The first-order valence-corrected chi connectivity index (χ1v) is 18.6.